The van der Waals surface area contributed by atoms with Crippen LogP contribution in [-0.4, -0.2) is 35.2 Å². The van der Waals surface area contributed by atoms with Gasteiger partial charge in [-0.1, -0.05) is 32.9 Å². The highest BCUT2D eigenvalue weighted by Crippen LogP contribution is 2.26. The quantitative estimate of drug-likeness (QED) is 0.851. The van der Waals surface area contributed by atoms with E-state index in [-0.39, 0.29) is 18.5 Å². The maximum Gasteiger partial charge on any atom is 0.323 e. The molecule has 0 aliphatic carbocycles. The van der Waals surface area contributed by atoms with Gasteiger partial charge in [-0.15, -0.1) is 0 Å². The summed E-state index contributed by atoms with van der Waals surface area (Å²) in [6.07, 6.45) is 0. The molecular formula is C14H19NO4. The van der Waals surface area contributed by atoms with Crippen molar-refractivity contribution >= 4 is 17.6 Å². The summed E-state index contributed by atoms with van der Waals surface area (Å²) < 4.78 is 0. The van der Waals surface area contributed by atoms with Gasteiger partial charge in [0.15, 0.2) is 0 Å². The lowest BCUT2D eigenvalue weighted by Crippen LogP contribution is -2.34. The van der Waals surface area contributed by atoms with Gasteiger partial charge in [0.1, 0.15) is 13.1 Å². The molecule has 5 heteroatoms. The highest BCUT2D eigenvalue weighted by molar-refractivity contribution is 5.79. The fraction of sp³-hybridized carbons (Fsp3) is 0.429. The summed E-state index contributed by atoms with van der Waals surface area (Å²) in [5.41, 5.74) is 1.57. The standard InChI is InChI=1S/C14H19NO4/c1-14(2,3)10-5-4-6-11(7-10)15(8-12(16)17)9-13(18)19/h4-7H,8-9H2,1-3H3,(H,16,17)(H,18,19). The van der Waals surface area contributed by atoms with Crippen molar-refractivity contribution in [3.63, 3.8) is 0 Å². The molecule has 0 radical (unpaired) electrons. The Balaban J connectivity index is 3.08. The number of rotatable bonds is 5. The average Bonchev–Trinajstić information content (AvgIpc) is 2.26. The largest absolute Gasteiger partial charge is 0.480 e. The molecule has 0 unspecified atom stereocenters. The summed E-state index contributed by atoms with van der Waals surface area (Å²) in [5, 5.41) is 17.7. The summed E-state index contributed by atoms with van der Waals surface area (Å²) in [5.74, 6) is -2.11. The number of carboxylic acids is 2. The van der Waals surface area contributed by atoms with Gasteiger partial charge in [0.05, 0.1) is 0 Å². The molecule has 0 saturated heterocycles. The van der Waals surface area contributed by atoms with Gasteiger partial charge < -0.3 is 15.1 Å². The summed E-state index contributed by atoms with van der Waals surface area (Å²) in [4.78, 5) is 23.0. The van der Waals surface area contributed by atoms with E-state index in [1.165, 1.54) is 4.90 Å². The Morgan fingerprint density at radius 1 is 1.11 bits per heavy atom. The molecule has 0 amide bonds. The number of anilines is 1. The van der Waals surface area contributed by atoms with Gasteiger partial charge >= 0.3 is 11.9 Å². The lowest BCUT2D eigenvalue weighted by Gasteiger charge is -2.24. The smallest absolute Gasteiger partial charge is 0.323 e. The van der Waals surface area contributed by atoms with E-state index in [1.54, 1.807) is 6.07 Å². The Kier molecular flexibility index (Phi) is 4.53. The molecule has 104 valence electrons. The van der Waals surface area contributed by atoms with Crippen LogP contribution in [0.25, 0.3) is 0 Å². The van der Waals surface area contributed by atoms with Crippen LogP contribution in [0.1, 0.15) is 26.3 Å². The summed E-state index contributed by atoms with van der Waals surface area (Å²) in [6, 6.07) is 7.32. The first-order valence-corrected chi connectivity index (χ1v) is 5.99. The molecule has 5 nitrogen and oxygen atoms in total. The molecule has 0 aliphatic rings. The maximum absolute atomic E-state index is 10.8. The van der Waals surface area contributed by atoms with Crippen molar-refractivity contribution in [3.8, 4) is 0 Å². The molecule has 0 atom stereocenters. The van der Waals surface area contributed by atoms with Crippen molar-refractivity contribution in [2.45, 2.75) is 26.2 Å². The SMILES string of the molecule is CC(C)(C)c1cccc(N(CC(=O)O)CC(=O)O)c1. The topological polar surface area (TPSA) is 77.8 Å². The molecule has 19 heavy (non-hydrogen) atoms. The molecule has 1 rings (SSSR count). The minimum Gasteiger partial charge on any atom is -0.480 e. The molecule has 0 saturated carbocycles. The third-order valence-electron chi connectivity index (χ3n) is 2.73. The van der Waals surface area contributed by atoms with Crippen molar-refractivity contribution in [2.24, 2.45) is 0 Å². The van der Waals surface area contributed by atoms with Crippen LogP contribution in [0.4, 0.5) is 5.69 Å². The molecule has 0 heterocycles. The molecule has 0 aliphatic heterocycles. The van der Waals surface area contributed by atoms with E-state index in [0.717, 1.165) is 5.56 Å². The highest BCUT2D eigenvalue weighted by atomic mass is 16.4. The Labute approximate surface area is 112 Å². The van der Waals surface area contributed by atoms with E-state index in [0.29, 0.717) is 5.69 Å². The van der Waals surface area contributed by atoms with E-state index in [4.69, 9.17) is 10.2 Å². The summed E-state index contributed by atoms with van der Waals surface area (Å²) >= 11 is 0. The Morgan fingerprint density at radius 3 is 2.05 bits per heavy atom. The lowest BCUT2D eigenvalue weighted by molar-refractivity contribution is -0.136. The van der Waals surface area contributed by atoms with Crippen molar-refractivity contribution in [1.29, 1.82) is 0 Å². The first kappa shape index (κ1) is 15.0. The van der Waals surface area contributed by atoms with Crippen LogP contribution in [0.2, 0.25) is 0 Å². The Bertz CT molecular complexity index is 461. The lowest BCUT2D eigenvalue weighted by atomic mass is 9.87. The van der Waals surface area contributed by atoms with Gasteiger partial charge in [-0.3, -0.25) is 9.59 Å². The van der Waals surface area contributed by atoms with Gasteiger partial charge in [0.2, 0.25) is 0 Å². The normalized spacial score (nSPS) is 11.1. The molecule has 1 aromatic carbocycles. The summed E-state index contributed by atoms with van der Waals surface area (Å²) in [6.45, 7) is 5.47. The predicted molar refractivity (Wildman–Crippen MR) is 72.6 cm³/mol. The van der Waals surface area contributed by atoms with Gasteiger partial charge in [-0.2, -0.15) is 0 Å². The second-order valence-corrected chi connectivity index (χ2v) is 5.44. The fourth-order valence-corrected chi connectivity index (χ4v) is 1.73. The maximum atomic E-state index is 10.8. The van der Waals surface area contributed by atoms with Crippen LogP contribution in [0, 0.1) is 0 Å². The van der Waals surface area contributed by atoms with Gasteiger partial charge in [0.25, 0.3) is 0 Å². The average molecular weight is 265 g/mol. The van der Waals surface area contributed by atoms with E-state index in [9.17, 15) is 9.59 Å². The minimum absolute atomic E-state index is 0.0753. The van der Waals surface area contributed by atoms with Crippen molar-refractivity contribution in [1.82, 2.24) is 0 Å². The van der Waals surface area contributed by atoms with Crippen LogP contribution in [0.3, 0.4) is 0 Å². The monoisotopic (exact) mass is 265 g/mol. The molecular weight excluding hydrogens is 246 g/mol. The first-order chi connectivity index (χ1) is 8.70. The van der Waals surface area contributed by atoms with Crippen LogP contribution in [0.5, 0.6) is 0 Å². The van der Waals surface area contributed by atoms with E-state index in [1.807, 2.05) is 39.0 Å². The highest BCUT2D eigenvalue weighted by Gasteiger charge is 2.18. The zero-order valence-electron chi connectivity index (χ0n) is 11.4. The molecule has 0 bridgehead atoms. The number of hydrogen-bond donors (Lipinski definition) is 2. The van der Waals surface area contributed by atoms with Gasteiger partial charge in [0, 0.05) is 5.69 Å². The minimum atomic E-state index is -1.05. The number of benzene rings is 1. The summed E-state index contributed by atoms with van der Waals surface area (Å²) in [7, 11) is 0. The molecule has 2 N–H and O–H groups in total. The molecule has 0 spiro atoms. The van der Waals surface area contributed by atoms with Crippen LogP contribution >= 0.6 is 0 Å². The van der Waals surface area contributed by atoms with Gasteiger partial charge in [-0.25, -0.2) is 0 Å². The Morgan fingerprint density at radius 2 is 1.63 bits per heavy atom. The number of aliphatic carboxylic acids is 2. The van der Waals surface area contributed by atoms with Crippen molar-refractivity contribution in [2.75, 3.05) is 18.0 Å². The number of hydrogen-bond acceptors (Lipinski definition) is 3. The molecule has 0 aromatic heterocycles. The van der Waals surface area contributed by atoms with E-state index >= 15 is 0 Å². The zero-order valence-corrected chi connectivity index (χ0v) is 11.4. The fourth-order valence-electron chi connectivity index (χ4n) is 1.73. The molecule has 0 fully saturated rings. The third-order valence-corrected chi connectivity index (χ3v) is 2.73. The van der Waals surface area contributed by atoms with Crippen LogP contribution in [0.15, 0.2) is 24.3 Å². The second kappa shape index (κ2) is 5.73. The van der Waals surface area contributed by atoms with Crippen molar-refractivity contribution in [3.05, 3.63) is 29.8 Å². The second-order valence-electron chi connectivity index (χ2n) is 5.44. The van der Waals surface area contributed by atoms with Crippen LogP contribution < -0.4 is 4.90 Å². The zero-order chi connectivity index (χ0) is 14.6. The first-order valence-electron chi connectivity index (χ1n) is 5.99. The number of nitrogens with zero attached hydrogens (tertiary/aromatic N) is 1. The van der Waals surface area contributed by atoms with E-state index in [2.05, 4.69) is 0 Å². The van der Waals surface area contributed by atoms with Crippen LogP contribution in [-0.2, 0) is 15.0 Å². The number of carboxylic acid groups (broad SMARTS) is 2. The van der Waals surface area contributed by atoms with E-state index < -0.39 is 11.9 Å². The number of carbonyl (C=O) groups is 2. The molecule has 1 aromatic rings. The van der Waals surface area contributed by atoms with Gasteiger partial charge in [-0.05, 0) is 23.1 Å². The third kappa shape index (κ3) is 4.62. The Hall–Kier alpha value is -2.04. The predicted octanol–water partition coefficient (Wildman–Crippen LogP) is 1.96. The van der Waals surface area contributed by atoms with Crippen molar-refractivity contribution < 1.29 is 19.8 Å².